The molecule has 1 saturated carbocycles. The van der Waals surface area contributed by atoms with Gasteiger partial charge in [-0.1, -0.05) is 20.8 Å². The largest absolute Gasteiger partial charge is 0.327 e. The highest BCUT2D eigenvalue weighted by Crippen LogP contribution is 2.44. The van der Waals surface area contributed by atoms with Gasteiger partial charge in [0.25, 0.3) is 0 Å². The molecule has 2 nitrogen and oxygen atoms in total. The normalized spacial score (nSPS) is 40.2. The van der Waals surface area contributed by atoms with Crippen LogP contribution in [0.3, 0.4) is 0 Å². The van der Waals surface area contributed by atoms with Crippen LogP contribution in [-0.4, -0.2) is 18.1 Å². The van der Waals surface area contributed by atoms with Crippen molar-refractivity contribution in [3.63, 3.8) is 0 Å². The van der Waals surface area contributed by atoms with Crippen molar-refractivity contribution in [3.05, 3.63) is 0 Å². The summed E-state index contributed by atoms with van der Waals surface area (Å²) in [4.78, 5) is 0. The second-order valence-corrected chi connectivity index (χ2v) is 4.73. The van der Waals surface area contributed by atoms with Crippen molar-refractivity contribution >= 4 is 0 Å². The summed E-state index contributed by atoms with van der Waals surface area (Å²) >= 11 is 0. The molecule has 0 spiro atoms. The van der Waals surface area contributed by atoms with Gasteiger partial charge in [-0.25, -0.2) is 0 Å². The first-order valence-corrected chi connectivity index (χ1v) is 4.94. The Morgan fingerprint density at radius 2 is 2.00 bits per heavy atom. The van der Waals surface area contributed by atoms with E-state index in [0.717, 1.165) is 13.0 Å². The summed E-state index contributed by atoms with van der Waals surface area (Å²) in [6, 6.07) is 0.349. The molecule has 2 heteroatoms. The SMILES string of the molecule is CCNC1(C)CCC(N)C1(C)C. The van der Waals surface area contributed by atoms with Crippen LogP contribution < -0.4 is 11.1 Å². The third-order valence-corrected chi connectivity index (χ3v) is 3.87. The van der Waals surface area contributed by atoms with Gasteiger partial charge in [0.1, 0.15) is 0 Å². The minimum absolute atomic E-state index is 0.225. The number of hydrogen-bond donors (Lipinski definition) is 2. The topological polar surface area (TPSA) is 38.0 Å². The monoisotopic (exact) mass is 170 g/mol. The van der Waals surface area contributed by atoms with E-state index in [0.29, 0.717) is 6.04 Å². The fraction of sp³-hybridized carbons (Fsp3) is 1.00. The van der Waals surface area contributed by atoms with Gasteiger partial charge in [-0.3, -0.25) is 0 Å². The second-order valence-electron chi connectivity index (χ2n) is 4.73. The van der Waals surface area contributed by atoms with Crippen molar-refractivity contribution in [1.82, 2.24) is 5.32 Å². The molecule has 1 aliphatic rings. The van der Waals surface area contributed by atoms with Gasteiger partial charge in [-0.2, -0.15) is 0 Å². The summed E-state index contributed by atoms with van der Waals surface area (Å²) in [7, 11) is 0. The summed E-state index contributed by atoms with van der Waals surface area (Å²) < 4.78 is 0. The lowest BCUT2D eigenvalue weighted by atomic mass is 9.74. The first kappa shape index (κ1) is 10.0. The molecule has 72 valence electrons. The molecule has 1 rings (SSSR count). The zero-order chi connectivity index (χ0) is 9.41. The summed E-state index contributed by atoms with van der Waals surface area (Å²) in [6.45, 7) is 10.0. The van der Waals surface area contributed by atoms with Crippen LogP contribution >= 0.6 is 0 Å². The van der Waals surface area contributed by atoms with E-state index in [4.69, 9.17) is 5.73 Å². The third kappa shape index (κ3) is 1.27. The minimum Gasteiger partial charge on any atom is -0.327 e. The van der Waals surface area contributed by atoms with E-state index in [9.17, 15) is 0 Å². The maximum Gasteiger partial charge on any atom is 0.0219 e. The van der Waals surface area contributed by atoms with Crippen LogP contribution in [0, 0.1) is 5.41 Å². The molecule has 0 aromatic heterocycles. The van der Waals surface area contributed by atoms with E-state index in [1.807, 2.05) is 0 Å². The summed E-state index contributed by atoms with van der Waals surface area (Å²) in [5.41, 5.74) is 6.54. The number of rotatable bonds is 2. The Balaban J connectivity index is 2.78. The molecule has 0 aliphatic heterocycles. The molecule has 0 heterocycles. The molecule has 0 radical (unpaired) electrons. The molecule has 1 fully saturated rings. The lowest BCUT2D eigenvalue weighted by Gasteiger charge is -2.41. The molecule has 0 amide bonds. The summed E-state index contributed by atoms with van der Waals surface area (Å²) in [5.74, 6) is 0. The Morgan fingerprint density at radius 3 is 2.33 bits per heavy atom. The molecule has 0 bridgehead atoms. The van der Waals surface area contributed by atoms with E-state index >= 15 is 0 Å². The number of hydrogen-bond acceptors (Lipinski definition) is 2. The molecule has 3 N–H and O–H groups in total. The van der Waals surface area contributed by atoms with Crippen molar-refractivity contribution in [3.8, 4) is 0 Å². The van der Waals surface area contributed by atoms with Crippen molar-refractivity contribution < 1.29 is 0 Å². The number of nitrogens with one attached hydrogen (secondary N) is 1. The van der Waals surface area contributed by atoms with Gasteiger partial charge in [0, 0.05) is 11.6 Å². The molecule has 0 aromatic rings. The highest BCUT2D eigenvalue weighted by molar-refractivity contribution is 5.07. The van der Waals surface area contributed by atoms with Crippen LogP contribution in [0.1, 0.15) is 40.5 Å². The Morgan fingerprint density at radius 1 is 1.42 bits per heavy atom. The first-order chi connectivity index (χ1) is 5.44. The summed E-state index contributed by atoms with van der Waals surface area (Å²) in [6.07, 6.45) is 2.35. The van der Waals surface area contributed by atoms with E-state index < -0.39 is 0 Å². The van der Waals surface area contributed by atoms with Crippen molar-refractivity contribution in [2.45, 2.75) is 52.1 Å². The average Bonchev–Trinajstić information content (AvgIpc) is 2.16. The van der Waals surface area contributed by atoms with E-state index in [1.165, 1.54) is 6.42 Å². The third-order valence-electron chi connectivity index (χ3n) is 3.87. The minimum atomic E-state index is 0.225. The van der Waals surface area contributed by atoms with Crippen LogP contribution in [0.25, 0.3) is 0 Å². The van der Waals surface area contributed by atoms with Gasteiger partial charge >= 0.3 is 0 Å². The number of nitrogens with two attached hydrogens (primary N) is 1. The van der Waals surface area contributed by atoms with Crippen LogP contribution in [0.2, 0.25) is 0 Å². The van der Waals surface area contributed by atoms with E-state index in [1.54, 1.807) is 0 Å². The van der Waals surface area contributed by atoms with Crippen LogP contribution in [-0.2, 0) is 0 Å². The molecule has 1 aliphatic carbocycles. The van der Waals surface area contributed by atoms with E-state index in [2.05, 4.69) is 33.0 Å². The molecular formula is C10H22N2. The standard InChI is InChI=1S/C10H22N2/c1-5-12-10(4)7-6-8(11)9(10,2)3/h8,12H,5-7,11H2,1-4H3. The summed E-state index contributed by atoms with van der Waals surface area (Å²) in [5, 5.41) is 3.56. The Bertz CT molecular complexity index is 161. The Labute approximate surface area is 75.9 Å². The lowest BCUT2D eigenvalue weighted by molar-refractivity contribution is 0.163. The molecule has 2 atom stereocenters. The quantitative estimate of drug-likeness (QED) is 0.659. The predicted molar refractivity (Wildman–Crippen MR) is 53.1 cm³/mol. The molecular weight excluding hydrogens is 148 g/mol. The molecule has 2 unspecified atom stereocenters. The lowest BCUT2D eigenvalue weighted by Crippen LogP contribution is -2.54. The zero-order valence-electron chi connectivity index (χ0n) is 8.78. The highest BCUT2D eigenvalue weighted by Gasteiger charge is 2.49. The van der Waals surface area contributed by atoms with Gasteiger partial charge in [0.05, 0.1) is 0 Å². The molecule has 0 saturated heterocycles. The molecule has 0 aromatic carbocycles. The van der Waals surface area contributed by atoms with Gasteiger partial charge in [0.2, 0.25) is 0 Å². The van der Waals surface area contributed by atoms with Gasteiger partial charge in [0.15, 0.2) is 0 Å². The fourth-order valence-electron chi connectivity index (χ4n) is 2.24. The maximum absolute atomic E-state index is 6.08. The maximum atomic E-state index is 6.08. The van der Waals surface area contributed by atoms with Crippen LogP contribution in [0.5, 0.6) is 0 Å². The zero-order valence-corrected chi connectivity index (χ0v) is 8.78. The van der Waals surface area contributed by atoms with Gasteiger partial charge < -0.3 is 11.1 Å². The van der Waals surface area contributed by atoms with Crippen molar-refractivity contribution in [2.75, 3.05) is 6.54 Å². The Kier molecular flexibility index (Phi) is 2.50. The second kappa shape index (κ2) is 3.00. The predicted octanol–water partition coefficient (Wildman–Crippen LogP) is 1.50. The van der Waals surface area contributed by atoms with Crippen molar-refractivity contribution in [1.29, 1.82) is 0 Å². The van der Waals surface area contributed by atoms with Crippen molar-refractivity contribution in [2.24, 2.45) is 11.1 Å². The highest BCUT2D eigenvalue weighted by atomic mass is 15.0. The fourth-order valence-corrected chi connectivity index (χ4v) is 2.24. The van der Waals surface area contributed by atoms with Gasteiger partial charge in [-0.15, -0.1) is 0 Å². The van der Waals surface area contributed by atoms with Crippen LogP contribution in [0.4, 0.5) is 0 Å². The smallest absolute Gasteiger partial charge is 0.0219 e. The first-order valence-electron chi connectivity index (χ1n) is 4.94. The Hall–Kier alpha value is -0.0800. The van der Waals surface area contributed by atoms with Gasteiger partial charge in [-0.05, 0) is 31.7 Å². The van der Waals surface area contributed by atoms with E-state index in [-0.39, 0.29) is 11.0 Å². The average molecular weight is 170 g/mol. The molecule has 12 heavy (non-hydrogen) atoms. The van der Waals surface area contributed by atoms with Crippen LogP contribution in [0.15, 0.2) is 0 Å².